The SMILES string of the molecule is [Al].[O-]Cl.[O-]Cl.[O-]Cl. The van der Waals surface area contributed by atoms with Gasteiger partial charge in [-0.3, -0.25) is 0 Å². The summed E-state index contributed by atoms with van der Waals surface area (Å²) in [6.45, 7) is 0. The lowest BCUT2D eigenvalue weighted by Gasteiger charge is -1.54. The van der Waals surface area contributed by atoms with Crippen molar-refractivity contribution in [2.45, 2.75) is 0 Å². The van der Waals surface area contributed by atoms with Crippen LogP contribution in [0.4, 0.5) is 0 Å². The zero-order valence-electron chi connectivity index (χ0n) is 2.94. The van der Waals surface area contributed by atoms with Crippen LogP contribution in [-0.4, -0.2) is 17.4 Å². The average molecular weight is 181 g/mol. The van der Waals surface area contributed by atoms with Gasteiger partial charge < -0.3 is 14.0 Å². The van der Waals surface area contributed by atoms with Gasteiger partial charge in [-0.05, 0) is 0 Å². The molecule has 45 valence electrons. The Morgan fingerprint density at radius 3 is 0.571 bits per heavy atom. The van der Waals surface area contributed by atoms with Gasteiger partial charge in [0.25, 0.3) is 0 Å². The Morgan fingerprint density at radius 1 is 0.571 bits per heavy atom. The molecule has 0 rings (SSSR count). The first-order valence-corrected chi connectivity index (χ1v) is 1.39. The second-order valence-electron chi connectivity index (χ2n) is 0. The van der Waals surface area contributed by atoms with E-state index >= 15 is 0 Å². The third kappa shape index (κ3) is 124. The van der Waals surface area contributed by atoms with Crippen molar-refractivity contribution in [2.75, 3.05) is 0 Å². The Morgan fingerprint density at radius 2 is 0.571 bits per heavy atom. The van der Waals surface area contributed by atoms with Gasteiger partial charge in [-0.15, -0.1) is 0 Å². The molecular formula is AlCl3O3-3. The van der Waals surface area contributed by atoms with Crippen molar-refractivity contribution in [3.05, 3.63) is 0 Å². The first kappa shape index (κ1) is 24.0. The summed E-state index contributed by atoms with van der Waals surface area (Å²) in [6, 6.07) is 0. The third-order valence-corrected chi connectivity index (χ3v) is 0. The fraction of sp³-hybridized carbons (Fsp3) is 0. The van der Waals surface area contributed by atoms with E-state index in [2.05, 4.69) is 35.6 Å². The normalized spacial score (nSPS) is 2.57. The fourth-order valence-electron chi connectivity index (χ4n) is 0. The molecule has 0 saturated carbocycles. The molecule has 0 heterocycles. The second-order valence-corrected chi connectivity index (χ2v) is 0. The minimum absolute atomic E-state index is 0. The van der Waals surface area contributed by atoms with Gasteiger partial charge in [-0.25, -0.2) is 35.6 Å². The van der Waals surface area contributed by atoms with E-state index in [0.29, 0.717) is 0 Å². The number of halogens is 3. The van der Waals surface area contributed by atoms with Crippen LogP contribution in [0.15, 0.2) is 0 Å². The molecule has 3 radical (unpaired) electrons. The predicted molar refractivity (Wildman–Crippen MR) is 23.3 cm³/mol. The summed E-state index contributed by atoms with van der Waals surface area (Å²) in [5, 5.41) is 0. The van der Waals surface area contributed by atoms with Gasteiger partial charge in [-0.1, -0.05) is 0 Å². The maximum Gasteiger partial charge on any atom is 0 e. The monoisotopic (exact) mass is 180 g/mol. The molecule has 0 saturated heterocycles. The Kier molecular flexibility index (Phi) is 598. The summed E-state index contributed by atoms with van der Waals surface area (Å²) < 4.78 is 23.2. The van der Waals surface area contributed by atoms with E-state index in [4.69, 9.17) is 14.0 Å². The van der Waals surface area contributed by atoms with Crippen LogP contribution in [0.5, 0.6) is 0 Å². The molecule has 0 atom stereocenters. The molecule has 0 amide bonds. The summed E-state index contributed by atoms with van der Waals surface area (Å²) in [7, 11) is 0. The lowest BCUT2D eigenvalue weighted by Crippen LogP contribution is -1.62. The topological polar surface area (TPSA) is 69.2 Å². The molecule has 0 fully saturated rings. The largest absolute Gasteiger partial charge is 0.769 e. The molecule has 0 N–H and O–H groups in total. The minimum Gasteiger partial charge on any atom is -0.769 e. The van der Waals surface area contributed by atoms with Crippen LogP contribution >= 0.6 is 35.6 Å². The van der Waals surface area contributed by atoms with Crippen molar-refractivity contribution in [3.8, 4) is 0 Å². The smallest absolute Gasteiger partial charge is 0 e. The van der Waals surface area contributed by atoms with E-state index < -0.39 is 0 Å². The van der Waals surface area contributed by atoms with Gasteiger partial charge in [0, 0.05) is 17.4 Å². The number of rotatable bonds is 0. The first-order chi connectivity index (χ1) is 3.00. The van der Waals surface area contributed by atoms with Crippen LogP contribution in [0.2, 0.25) is 0 Å². The fourth-order valence-corrected chi connectivity index (χ4v) is 0. The van der Waals surface area contributed by atoms with Gasteiger partial charge in [0.05, 0.1) is 0 Å². The van der Waals surface area contributed by atoms with Crippen LogP contribution in [0.25, 0.3) is 0 Å². The highest BCUT2D eigenvalue weighted by molar-refractivity contribution is 6.02. The average Bonchev–Trinajstić information content (AvgIpc) is 1.81. The Hall–Kier alpha value is 1.28. The zero-order chi connectivity index (χ0) is 6.00. The Labute approximate surface area is 67.1 Å². The molecule has 0 unspecified atom stereocenters. The summed E-state index contributed by atoms with van der Waals surface area (Å²) >= 11 is 10.2. The molecule has 0 aliphatic rings. The predicted octanol–water partition coefficient (Wildman–Crippen LogP) is -1.88. The van der Waals surface area contributed by atoms with Crippen LogP contribution in [0.3, 0.4) is 0 Å². The van der Waals surface area contributed by atoms with Gasteiger partial charge in [-0.2, -0.15) is 0 Å². The van der Waals surface area contributed by atoms with Crippen LogP contribution in [0.1, 0.15) is 0 Å². The summed E-state index contributed by atoms with van der Waals surface area (Å²) in [5.74, 6) is 0. The quantitative estimate of drug-likeness (QED) is 0.411. The summed E-state index contributed by atoms with van der Waals surface area (Å²) in [4.78, 5) is 0. The van der Waals surface area contributed by atoms with E-state index in [9.17, 15) is 0 Å². The molecule has 7 heteroatoms. The van der Waals surface area contributed by atoms with Crippen LogP contribution in [0, 0.1) is 0 Å². The van der Waals surface area contributed by atoms with Crippen LogP contribution in [-0.2, 0) is 0 Å². The highest BCUT2D eigenvalue weighted by Gasteiger charge is 0.539. The van der Waals surface area contributed by atoms with Gasteiger partial charge in [0.15, 0.2) is 0 Å². The van der Waals surface area contributed by atoms with Gasteiger partial charge in [0.2, 0.25) is 0 Å². The lowest BCUT2D eigenvalue weighted by molar-refractivity contribution is -0.167. The molecule has 3 nitrogen and oxygen atoms in total. The van der Waals surface area contributed by atoms with Crippen molar-refractivity contribution in [1.29, 1.82) is 0 Å². The molecule has 7 heavy (non-hydrogen) atoms. The van der Waals surface area contributed by atoms with E-state index in [0.717, 1.165) is 0 Å². The molecule has 0 bridgehead atoms. The third-order valence-electron chi connectivity index (χ3n) is 0. The van der Waals surface area contributed by atoms with Crippen molar-refractivity contribution in [3.63, 3.8) is 0 Å². The highest BCUT2D eigenvalue weighted by atomic mass is 35.5. The lowest BCUT2D eigenvalue weighted by atomic mass is 15.9. The van der Waals surface area contributed by atoms with Crippen molar-refractivity contribution in [1.82, 2.24) is 0 Å². The van der Waals surface area contributed by atoms with Crippen LogP contribution < -0.4 is 14.0 Å². The van der Waals surface area contributed by atoms with E-state index in [1.165, 1.54) is 0 Å². The maximum atomic E-state index is 7.72. The van der Waals surface area contributed by atoms with E-state index in [1.807, 2.05) is 0 Å². The van der Waals surface area contributed by atoms with Gasteiger partial charge in [0.1, 0.15) is 0 Å². The number of hydrogen-bond acceptors (Lipinski definition) is 3. The zero-order valence-corrected chi connectivity index (χ0v) is 6.36. The molecule has 0 aromatic heterocycles. The molecule has 0 aliphatic carbocycles. The highest BCUT2D eigenvalue weighted by Crippen LogP contribution is 1.13. The minimum atomic E-state index is 0. The van der Waals surface area contributed by atoms with Crippen molar-refractivity contribution < 1.29 is 14.0 Å². The standard InChI is InChI=1S/Al.3ClO/c;3*1-2/q;3*-1. The van der Waals surface area contributed by atoms with E-state index in [-0.39, 0.29) is 17.4 Å². The summed E-state index contributed by atoms with van der Waals surface area (Å²) in [5.41, 5.74) is 0. The molecule has 0 aromatic rings. The molecule has 0 spiro atoms. The van der Waals surface area contributed by atoms with Crippen molar-refractivity contribution >= 4 is 53.0 Å². The van der Waals surface area contributed by atoms with E-state index in [1.54, 1.807) is 0 Å². The Bertz CT molecular complexity index is 10.1. The first-order valence-electron chi connectivity index (χ1n) is 0.463. The van der Waals surface area contributed by atoms with Gasteiger partial charge >= 0.3 is 0 Å². The maximum absolute atomic E-state index is 7.72. The second kappa shape index (κ2) is 175. The summed E-state index contributed by atoms with van der Waals surface area (Å²) in [6.07, 6.45) is 0. The molecule has 0 aromatic carbocycles. The molecular weight excluding hydrogens is 181 g/mol. The molecule has 0 aliphatic heterocycles. The Balaban J connectivity index is -0.00000000900. The van der Waals surface area contributed by atoms with Crippen molar-refractivity contribution in [2.24, 2.45) is 0 Å². The number of hydrogen-bond donors (Lipinski definition) is 0.